The van der Waals surface area contributed by atoms with Crippen molar-refractivity contribution < 1.29 is 4.74 Å². The van der Waals surface area contributed by atoms with Gasteiger partial charge in [-0.3, -0.25) is 0 Å². The zero-order valence-electron chi connectivity index (χ0n) is 14.1. The molecule has 1 saturated carbocycles. The van der Waals surface area contributed by atoms with Crippen molar-refractivity contribution in [3.63, 3.8) is 0 Å². The summed E-state index contributed by atoms with van der Waals surface area (Å²) >= 11 is 0. The molecule has 2 heteroatoms. The molecule has 0 amide bonds. The number of nitrogens with one attached hydrogen (secondary N) is 1. The molecule has 21 heavy (non-hydrogen) atoms. The van der Waals surface area contributed by atoms with Gasteiger partial charge in [-0.05, 0) is 61.8 Å². The summed E-state index contributed by atoms with van der Waals surface area (Å²) in [5.74, 6) is 1.02. The van der Waals surface area contributed by atoms with Crippen LogP contribution in [0.25, 0.3) is 0 Å². The van der Waals surface area contributed by atoms with Crippen molar-refractivity contribution in [2.45, 2.75) is 77.4 Å². The Morgan fingerprint density at radius 1 is 1.14 bits per heavy atom. The second kappa shape index (κ2) is 7.31. The highest BCUT2D eigenvalue weighted by Crippen LogP contribution is 2.29. The monoisotopic (exact) mass is 289 g/mol. The molecule has 2 atom stereocenters. The Balaban J connectivity index is 1.87. The lowest BCUT2D eigenvalue weighted by molar-refractivity contribution is 0.206. The van der Waals surface area contributed by atoms with Crippen molar-refractivity contribution in [1.82, 2.24) is 5.32 Å². The maximum atomic E-state index is 6.15. The van der Waals surface area contributed by atoms with E-state index in [1.54, 1.807) is 0 Å². The van der Waals surface area contributed by atoms with E-state index in [2.05, 4.69) is 57.3 Å². The highest BCUT2D eigenvalue weighted by Gasteiger charge is 2.25. The topological polar surface area (TPSA) is 21.3 Å². The largest absolute Gasteiger partial charge is 0.490 e. The van der Waals surface area contributed by atoms with Gasteiger partial charge in [0.15, 0.2) is 0 Å². The van der Waals surface area contributed by atoms with Gasteiger partial charge < -0.3 is 10.1 Å². The Hall–Kier alpha value is -1.02. The lowest BCUT2D eigenvalue weighted by atomic mass is 9.82. The molecule has 1 aromatic rings. The molecule has 0 spiro atoms. The van der Waals surface area contributed by atoms with Crippen molar-refractivity contribution in [3.05, 3.63) is 29.8 Å². The molecule has 0 aliphatic heterocycles. The smallest absolute Gasteiger partial charge is 0.119 e. The van der Waals surface area contributed by atoms with Gasteiger partial charge in [0.2, 0.25) is 0 Å². The van der Waals surface area contributed by atoms with Crippen molar-refractivity contribution in [2.75, 3.05) is 6.54 Å². The van der Waals surface area contributed by atoms with Gasteiger partial charge in [-0.25, -0.2) is 0 Å². The predicted octanol–water partition coefficient (Wildman–Crippen LogP) is 4.67. The third kappa shape index (κ3) is 4.47. The molecule has 0 saturated heterocycles. The van der Waals surface area contributed by atoms with Gasteiger partial charge in [-0.2, -0.15) is 0 Å². The van der Waals surface area contributed by atoms with E-state index in [1.165, 1.54) is 24.8 Å². The van der Waals surface area contributed by atoms with Gasteiger partial charge in [-0.15, -0.1) is 0 Å². The number of hydrogen-bond donors (Lipinski definition) is 1. The SMILES string of the molecule is CCCNC1CCC(Oc2ccc(C(C)(C)CC)cc2)C1. The highest BCUT2D eigenvalue weighted by atomic mass is 16.5. The second-order valence-corrected chi connectivity index (χ2v) is 6.97. The van der Waals surface area contributed by atoms with Crippen LogP contribution < -0.4 is 10.1 Å². The van der Waals surface area contributed by atoms with Crippen LogP contribution in [0.2, 0.25) is 0 Å². The summed E-state index contributed by atoms with van der Waals surface area (Å²) in [6.45, 7) is 10.2. The van der Waals surface area contributed by atoms with Crippen molar-refractivity contribution in [1.29, 1.82) is 0 Å². The van der Waals surface area contributed by atoms with Crippen LogP contribution in [0.1, 0.15) is 65.4 Å². The first-order valence-corrected chi connectivity index (χ1v) is 8.55. The van der Waals surface area contributed by atoms with Crippen molar-refractivity contribution in [3.8, 4) is 5.75 Å². The molecule has 2 unspecified atom stereocenters. The molecule has 1 fully saturated rings. The first-order chi connectivity index (χ1) is 10.0. The molecule has 0 aromatic heterocycles. The number of rotatable bonds is 7. The van der Waals surface area contributed by atoms with Crippen LogP contribution in [-0.4, -0.2) is 18.7 Å². The summed E-state index contributed by atoms with van der Waals surface area (Å²) in [5, 5.41) is 3.60. The molecular formula is C19H31NO. The van der Waals surface area contributed by atoms with Gasteiger partial charge in [-0.1, -0.05) is 39.8 Å². The molecule has 2 nitrogen and oxygen atoms in total. The molecule has 0 bridgehead atoms. The Morgan fingerprint density at radius 2 is 1.86 bits per heavy atom. The molecule has 118 valence electrons. The van der Waals surface area contributed by atoms with Gasteiger partial charge in [0.1, 0.15) is 11.9 Å². The standard InChI is InChI=1S/C19H31NO/c1-5-13-20-16-9-12-18(14-16)21-17-10-7-15(8-11-17)19(3,4)6-2/h7-8,10-11,16,18,20H,5-6,9,12-14H2,1-4H3. The molecule has 1 aromatic carbocycles. The Morgan fingerprint density at radius 3 is 2.48 bits per heavy atom. The van der Waals surface area contributed by atoms with E-state index in [9.17, 15) is 0 Å². The zero-order chi connectivity index (χ0) is 15.3. The zero-order valence-corrected chi connectivity index (χ0v) is 14.1. The lowest BCUT2D eigenvalue weighted by Crippen LogP contribution is -2.28. The van der Waals surface area contributed by atoms with Crippen LogP contribution in [0.15, 0.2) is 24.3 Å². The van der Waals surface area contributed by atoms with Gasteiger partial charge in [0, 0.05) is 6.04 Å². The summed E-state index contributed by atoms with van der Waals surface area (Å²) in [7, 11) is 0. The molecule has 1 aliphatic rings. The molecule has 0 heterocycles. The fraction of sp³-hybridized carbons (Fsp3) is 0.684. The summed E-state index contributed by atoms with van der Waals surface area (Å²) < 4.78 is 6.15. The number of benzene rings is 1. The fourth-order valence-corrected chi connectivity index (χ4v) is 2.96. The third-order valence-corrected chi connectivity index (χ3v) is 4.89. The van der Waals surface area contributed by atoms with E-state index in [0.29, 0.717) is 12.1 Å². The number of ether oxygens (including phenoxy) is 1. The minimum Gasteiger partial charge on any atom is -0.490 e. The van der Waals surface area contributed by atoms with Crippen LogP contribution in [0.5, 0.6) is 5.75 Å². The minimum absolute atomic E-state index is 0.251. The van der Waals surface area contributed by atoms with Crippen LogP contribution >= 0.6 is 0 Å². The first-order valence-electron chi connectivity index (χ1n) is 8.55. The maximum absolute atomic E-state index is 6.15. The van der Waals surface area contributed by atoms with Gasteiger partial charge in [0.25, 0.3) is 0 Å². The van der Waals surface area contributed by atoms with E-state index in [1.807, 2.05) is 0 Å². The third-order valence-electron chi connectivity index (χ3n) is 4.89. The van der Waals surface area contributed by atoms with Crippen LogP contribution in [-0.2, 0) is 5.41 Å². The van der Waals surface area contributed by atoms with Crippen molar-refractivity contribution >= 4 is 0 Å². The van der Waals surface area contributed by atoms with Gasteiger partial charge in [0.05, 0.1) is 0 Å². The van der Waals surface area contributed by atoms with E-state index in [-0.39, 0.29) is 5.41 Å². The van der Waals surface area contributed by atoms with E-state index in [4.69, 9.17) is 4.74 Å². The summed E-state index contributed by atoms with van der Waals surface area (Å²) in [6, 6.07) is 9.37. The minimum atomic E-state index is 0.251. The molecule has 0 radical (unpaired) electrons. The first kappa shape index (κ1) is 16.4. The number of hydrogen-bond acceptors (Lipinski definition) is 2. The average molecular weight is 289 g/mol. The molecular weight excluding hydrogens is 258 g/mol. The Bertz CT molecular complexity index is 424. The maximum Gasteiger partial charge on any atom is 0.119 e. The van der Waals surface area contributed by atoms with E-state index in [0.717, 1.165) is 25.1 Å². The molecule has 1 aliphatic carbocycles. The van der Waals surface area contributed by atoms with E-state index >= 15 is 0 Å². The van der Waals surface area contributed by atoms with Crippen molar-refractivity contribution in [2.24, 2.45) is 0 Å². The Kier molecular flexibility index (Phi) is 5.69. The van der Waals surface area contributed by atoms with E-state index < -0.39 is 0 Å². The predicted molar refractivity (Wildman–Crippen MR) is 90.1 cm³/mol. The fourth-order valence-electron chi connectivity index (χ4n) is 2.96. The normalized spacial score (nSPS) is 22.5. The summed E-state index contributed by atoms with van der Waals surface area (Å²) in [6.07, 6.45) is 6.29. The molecule has 2 rings (SSSR count). The highest BCUT2D eigenvalue weighted by molar-refractivity contribution is 5.31. The Labute approximate surface area is 130 Å². The lowest BCUT2D eigenvalue weighted by Gasteiger charge is -2.23. The van der Waals surface area contributed by atoms with Gasteiger partial charge >= 0.3 is 0 Å². The average Bonchev–Trinajstić information content (AvgIpc) is 2.93. The van der Waals surface area contributed by atoms with Crippen LogP contribution in [0.4, 0.5) is 0 Å². The van der Waals surface area contributed by atoms with Crippen LogP contribution in [0, 0.1) is 0 Å². The second-order valence-electron chi connectivity index (χ2n) is 6.97. The van der Waals surface area contributed by atoms with Crippen LogP contribution in [0.3, 0.4) is 0 Å². The summed E-state index contributed by atoms with van der Waals surface area (Å²) in [4.78, 5) is 0. The summed E-state index contributed by atoms with van der Waals surface area (Å²) in [5.41, 5.74) is 1.65. The molecule has 1 N–H and O–H groups in total. The quantitative estimate of drug-likeness (QED) is 0.787.